The average molecular weight is 380 g/mol. The van der Waals surface area contributed by atoms with Gasteiger partial charge in [-0.05, 0) is 30.9 Å². The lowest BCUT2D eigenvalue weighted by molar-refractivity contribution is -0.121. The van der Waals surface area contributed by atoms with Crippen molar-refractivity contribution >= 4 is 21.6 Å². The number of para-hydroxylation sites is 1. The van der Waals surface area contributed by atoms with Crippen LogP contribution in [0.3, 0.4) is 0 Å². The van der Waals surface area contributed by atoms with Gasteiger partial charge in [0.05, 0.1) is 5.75 Å². The van der Waals surface area contributed by atoms with E-state index >= 15 is 0 Å². The van der Waals surface area contributed by atoms with E-state index in [0.717, 1.165) is 18.5 Å². The minimum absolute atomic E-state index is 0.0130. The van der Waals surface area contributed by atoms with Crippen LogP contribution in [-0.2, 0) is 14.8 Å². The van der Waals surface area contributed by atoms with Gasteiger partial charge in [0, 0.05) is 44.8 Å². The van der Waals surface area contributed by atoms with Crippen LogP contribution in [0.1, 0.15) is 32.1 Å². The van der Waals surface area contributed by atoms with Gasteiger partial charge in [0.2, 0.25) is 15.9 Å². The summed E-state index contributed by atoms with van der Waals surface area (Å²) in [4.78, 5) is 14.1. The Labute approximate surface area is 156 Å². The summed E-state index contributed by atoms with van der Waals surface area (Å²) in [5.41, 5.74) is 1.13. The van der Waals surface area contributed by atoms with Crippen molar-refractivity contribution in [3.63, 3.8) is 0 Å². The smallest absolute Gasteiger partial charge is 0.220 e. The van der Waals surface area contributed by atoms with E-state index < -0.39 is 10.0 Å². The Morgan fingerprint density at radius 1 is 1.04 bits per heavy atom. The van der Waals surface area contributed by atoms with Crippen molar-refractivity contribution in [2.75, 3.05) is 43.4 Å². The summed E-state index contributed by atoms with van der Waals surface area (Å²) >= 11 is 0. The van der Waals surface area contributed by atoms with Gasteiger partial charge in [-0.2, -0.15) is 4.31 Å². The molecule has 7 heteroatoms. The fourth-order valence-electron chi connectivity index (χ4n) is 3.86. The molecule has 0 unspecified atom stereocenters. The van der Waals surface area contributed by atoms with E-state index in [1.807, 2.05) is 30.3 Å². The van der Waals surface area contributed by atoms with Crippen LogP contribution in [0.25, 0.3) is 0 Å². The zero-order valence-electron chi connectivity index (χ0n) is 15.3. The molecule has 1 saturated heterocycles. The second-order valence-corrected chi connectivity index (χ2v) is 9.33. The molecule has 1 amide bonds. The van der Waals surface area contributed by atoms with Crippen LogP contribution in [0.2, 0.25) is 0 Å². The Bertz CT molecular complexity index is 679. The predicted molar refractivity (Wildman–Crippen MR) is 104 cm³/mol. The molecule has 1 N–H and O–H groups in total. The molecule has 3 rings (SSSR count). The van der Waals surface area contributed by atoms with E-state index in [1.165, 1.54) is 12.8 Å². The molecule has 0 atom stereocenters. The minimum atomic E-state index is -3.32. The van der Waals surface area contributed by atoms with E-state index in [2.05, 4.69) is 10.2 Å². The van der Waals surface area contributed by atoms with Gasteiger partial charge in [0.25, 0.3) is 0 Å². The normalized spacial score (nSPS) is 19.6. The molecule has 1 saturated carbocycles. The summed E-state index contributed by atoms with van der Waals surface area (Å²) in [6.45, 7) is 2.57. The first-order chi connectivity index (χ1) is 12.5. The van der Waals surface area contributed by atoms with E-state index in [-0.39, 0.29) is 18.2 Å². The van der Waals surface area contributed by atoms with Crippen molar-refractivity contribution in [3.8, 4) is 0 Å². The molecule has 6 nitrogen and oxygen atoms in total. The zero-order chi connectivity index (χ0) is 18.4. The maximum absolute atomic E-state index is 12.5. The lowest BCUT2D eigenvalue weighted by Gasteiger charge is -2.35. The van der Waals surface area contributed by atoms with Crippen molar-refractivity contribution in [2.45, 2.75) is 32.1 Å². The van der Waals surface area contributed by atoms with Gasteiger partial charge in [-0.3, -0.25) is 4.79 Å². The number of sulfonamides is 1. The van der Waals surface area contributed by atoms with E-state index in [9.17, 15) is 13.2 Å². The Kier molecular flexibility index (Phi) is 6.53. The molecule has 0 aromatic heterocycles. The molecule has 1 heterocycles. The second-order valence-electron chi connectivity index (χ2n) is 7.24. The highest BCUT2D eigenvalue weighted by molar-refractivity contribution is 7.89. The maximum atomic E-state index is 12.5. The SMILES string of the molecule is O=C(CC1CCCC1)NCCS(=O)(=O)N1CCN(c2ccccc2)CC1. The molecule has 0 bridgehead atoms. The predicted octanol–water partition coefficient (Wildman–Crippen LogP) is 1.83. The third kappa shape index (κ3) is 5.20. The van der Waals surface area contributed by atoms with Crippen LogP contribution in [0.5, 0.6) is 0 Å². The molecular weight excluding hydrogens is 350 g/mol. The Morgan fingerprint density at radius 3 is 2.35 bits per heavy atom. The van der Waals surface area contributed by atoms with Gasteiger partial charge in [0.15, 0.2) is 0 Å². The number of nitrogens with zero attached hydrogens (tertiary/aromatic N) is 2. The maximum Gasteiger partial charge on any atom is 0.220 e. The molecule has 1 aromatic rings. The van der Waals surface area contributed by atoms with Crippen LogP contribution < -0.4 is 10.2 Å². The summed E-state index contributed by atoms with van der Waals surface area (Å²) < 4.78 is 26.6. The molecule has 1 aromatic carbocycles. The van der Waals surface area contributed by atoms with Gasteiger partial charge >= 0.3 is 0 Å². The zero-order valence-corrected chi connectivity index (χ0v) is 16.1. The Morgan fingerprint density at radius 2 is 1.69 bits per heavy atom. The van der Waals surface area contributed by atoms with Gasteiger partial charge in [-0.15, -0.1) is 0 Å². The van der Waals surface area contributed by atoms with E-state index in [0.29, 0.717) is 38.5 Å². The molecule has 0 spiro atoms. The topological polar surface area (TPSA) is 69.7 Å². The standard InChI is InChI=1S/C19H29N3O3S/c23-19(16-17-6-4-5-7-17)20-10-15-26(24,25)22-13-11-21(12-14-22)18-8-2-1-3-9-18/h1-3,8-9,17H,4-7,10-16H2,(H,20,23). The van der Waals surface area contributed by atoms with Crippen molar-refractivity contribution < 1.29 is 13.2 Å². The van der Waals surface area contributed by atoms with Crippen LogP contribution in [0, 0.1) is 5.92 Å². The number of hydrogen-bond donors (Lipinski definition) is 1. The number of nitrogens with one attached hydrogen (secondary N) is 1. The third-order valence-electron chi connectivity index (χ3n) is 5.38. The molecule has 1 aliphatic heterocycles. The van der Waals surface area contributed by atoms with Gasteiger partial charge < -0.3 is 10.2 Å². The van der Waals surface area contributed by atoms with Crippen molar-refractivity contribution in [1.29, 1.82) is 0 Å². The summed E-state index contributed by atoms with van der Waals surface area (Å²) in [6.07, 6.45) is 5.20. The van der Waals surface area contributed by atoms with Crippen LogP contribution in [0.4, 0.5) is 5.69 Å². The highest BCUT2D eigenvalue weighted by Crippen LogP contribution is 2.27. The number of benzene rings is 1. The Hall–Kier alpha value is -1.60. The quantitative estimate of drug-likeness (QED) is 0.785. The van der Waals surface area contributed by atoms with Crippen molar-refractivity contribution in [1.82, 2.24) is 9.62 Å². The number of amides is 1. The fourth-order valence-corrected chi connectivity index (χ4v) is 5.20. The summed E-state index contributed by atoms with van der Waals surface area (Å²) in [5, 5.41) is 2.78. The average Bonchev–Trinajstić information content (AvgIpc) is 3.15. The monoisotopic (exact) mass is 379 g/mol. The number of hydrogen-bond acceptors (Lipinski definition) is 4. The van der Waals surface area contributed by atoms with Gasteiger partial charge in [-0.25, -0.2) is 8.42 Å². The molecule has 144 valence electrons. The number of piperazine rings is 1. The van der Waals surface area contributed by atoms with Gasteiger partial charge in [-0.1, -0.05) is 31.0 Å². The highest BCUT2D eigenvalue weighted by Gasteiger charge is 2.27. The lowest BCUT2D eigenvalue weighted by Crippen LogP contribution is -2.50. The molecule has 26 heavy (non-hydrogen) atoms. The minimum Gasteiger partial charge on any atom is -0.369 e. The first kappa shape index (κ1) is 19.2. The van der Waals surface area contributed by atoms with Crippen molar-refractivity contribution in [2.24, 2.45) is 5.92 Å². The Balaban J connectivity index is 1.40. The van der Waals surface area contributed by atoms with E-state index in [4.69, 9.17) is 0 Å². The number of carbonyl (C=O) groups is 1. The van der Waals surface area contributed by atoms with Crippen LogP contribution in [0.15, 0.2) is 30.3 Å². The lowest BCUT2D eigenvalue weighted by atomic mass is 10.0. The van der Waals surface area contributed by atoms with Crippen LogP contribution in [-0.4, -0.2) is 57.1 Å². The summed E-state index contributed by atoms with van der Waals surface area (Å²) in [6, 6.07) is 10.1. The number of rotatable bonds is 7. The second kappa shape index (κ2) is 8.86. The fraction of sp³-hybridized carbons (Fsp3) is 0.632. The highest BCUT2D eigenvalue weighted by atomic mass is 32.2. The van der Waals surface area contributed by atoms with Crippen LogP contribution >= 0.6 is 0 Å². The first-order valence-electron chi connectivity index (χ1n) is 9.59. The number of carbonyl (C=O) groups excluding carboxylic acids is 1. The first-order valence-corrected chi connectivity index (χ1v) is 11.2. The molecule has 2 aliphatic rings. The molecule has 1 aliphatic carbocycles. The largest absolute Gasteiger partial charge is 0.369 e. The molecular formula is C19H29N3O3S. The molecule has 2 fully saturated rings. The summed E-state index contributed by atoms with van der Waals surface area (Å²) in [5.74, 6) is 0.452. The van der Waals surface area contributed by atoms with Gasteiger partial charge in [0.1, 0.15) is 0 Å². The molecule has 0 radical (unpaired) electrons. The number of anilines is 1. The van der Waals surface area contributed by atoms with Crippen molar-refractivity contribution in [3.05, 3.63) is 30.3 Å². The van der Waals surface area contributed by atoms with E-state index in [1.54, 1.807) is 4.31 Å². The third-order valence-corrected chi connectivity index (χ3v) is 7.26. The summed E-state index contributed by atoms with van der Waals surface area (Å²) in [7, 11) is -3.32.